The zero-order valence-corrected chi connectivity index (χ0v) is 13.1. The Hall–Kier alpha value is -1.66. The van der Waals surface area contributed by atoms with E-state index in [2.05, 4.69) is 5.32 Å². The average Bonchev–Trinajstić information content (AvgIpc) is 2.91. The van der Waals surface area contributed by atoms with Crippen molar-refractivity contribution in [2.45, 2.75) is 19.3 Å². The minimum Gasteiger partial charge on any atom is -0.338 e. The van der Waals surface area contributed by atoms with Gasteiger partial charge in [-0.25, -0.2) is 0 Å². The number of nitro benzene ring substituents is 1. The molecule has 3 rings (SSSR count). The van der Waals surface area contributed by atoms with Crippen molar-refractivity contribution in [1.29, 1.82) is 0 Å². The Balaban J connectivity index is 0.00000176. The minimum atomic E-state index is -0.463. The lowest BCUT2D eigenvalue weighted by atomic mass is 9.78. The number of hydrogen-bond donors (Lipinski definition) is 1. The van der Waals surface area contributed by atoms with E-state index in [4.69, 9.17) is 0 Å². The number of piperidine rings is 1. The Morgan fingerprint density at radius 3 is 2.68 bits per heavy atom. The number of carbonyl (C=O) groups is 1. The predicted molar refractivity (Wildman–Crippen MR) is 85.4 cm³/mol. The monoisotopic (exact) mass is 325 g/mol. The molecule has 0 aliphatic carbocycles. The summed E-state index contributed by atoms with van der Waals surface area (Å²) in [7, 11) is 0. The first-order valence-electron chi connectivity index (χ1n) is 7.34. The largest absolute Gasteiger partial charge is 0.338 e. The van der Waals surface area contributed by atoms with E-state index in [1.54, 1.807) is 12.1 Å². The van der Waals surface area contributed by atoms with E-state index in [0.29, 0.717) is 5.56 Å². The van der Waals surface area contributed by atoms with Gasteiger partial charge in [0.05, 0.1) is 4.92 Å². The molecule has 1 aromatic rings. The van der Waals surface area contributed by atoms with E-state index in [1.807, 2.05) is 4.90 Å². The molecule has 1 spiro atoms. The van der Waals surface area contributed by atoms with Gasteiger partial charge in [0, 0.05) is 30.8 Å². The molecule has 1 amide bonds. The lowest BCUT2D eigenvalue weighted by Gasteiger charge is -2.33. The third-order valence-corrected chi connectivity index (χ3v) is 4.69. The van der Waals surface area contributed by atoms with Crippen LogP contribution in [0.5, 0.6) is 0 Å². The number of amides is 1. The first kappa shape index (κ1) is 16.7. The highest BCUT2D eigenvalue weighted by atomic mass is 35.5. The van der Waals surface area contributed by atoms with Gasteiger partial charge in [0.1, 0.15) is 0 Å². The van der Waals surface area contributed by atoms with Crippen LogP contribution in [0, 0.1) is 15.5 Å². The second-order valence-corrected chi connectivity index (χ2v) is 6.03. The molecule has 2 aliphatic heterocycles. The van der Waals surface area contributed by atoms with Gasteiger partial charge in [0.2, 0.25) is 0 Å². The van der Waals surface area contributed by atoms with Crippen molar-refractivity contribution in [3.63, 3.8) is 0 Å². The highest BCUT2D eigenvalue weighted by Gasteiger charge is 2.40. The summed E-state index contributed by atoms with van der Waals surface area (Å²) in [6.07, 6.45) is 3.24. The second-order valence-electron chi connectivity index (χ2n) is 6.03. The van der Waals surface area contributed by atoms with Crippen molar-refractivity contribution in [3.05, 3.63) is 39.9 Å². The fourth-order valence-corrected chi connectivity index (χ4v) is 3.41. The smallest absolute Gasteiger partial charge is 0.270 e. The maximum atomic E-state index is 12.5. The number of nitrogens with zero attached hydrogens (tertiary/aromatic N) is 2. The number of rotatable bonds is 2. The van der Waals surface area contributed by atoms with Gasteiger partial charge in [-0.15, -0.1) is 12.4 Å². The standard InChI is InChI=1S/C15H19N3O3.ClH/c19-14(12-2-1-3-13(10-12)18(20)21)17-9-6-15(11-17)4-7-16-8-5-15;/h1-3,10,16H,4-9,11H2;1H. The number of nitrogens with one attached hydrogen (secondary N) is 1. The van der Waals surface area contributed by atoms with Crippen molar-refractivity contribution >= 4 is 24.0 Å². The summed E-state index contributed by atoms with van der Waals surface area (Å²) < 4.78 is 0. The van der Waals surface area contributed by atoms with Crippen LogP contribution in [0.2, 0.25) is 0 Å². The maximum Gasteiger partial charge on any atom is 0.270 e. The first-order valence-corrected chi connectivity index (χ1v) is 7.34. The number of hydrogen-bond acceptors (Lipinski definition) is 4. The molecule has 2 saturated heterocycles. The Labute approximate surface area is 135 Å². The van der Waals surface area contributed by atoms with Gasteiger partial charge in [0.25, 0.3) is 11.6 Å². The number of carbonyl (C=O) groups excluding carboxylic acids is 1. The highest BCUT2D eigenvalue weighted by Crippen LogP contribution is 2.39. The van der Waals surface area contributed by atoms with Crippen LogP contribution >= 0.6 is 12.4 Å². The van der Waals surface area contributed by atoms with E-state index in [-0.39, 0.29) is 29.4 Å². The Bertz CT molecular complexity index is 573. The zero-order valence-electron chi connectivity index (χ0n) is 12.3. The molecule has 0 saturated carbocycles. The van der Waals surface area contributed by atoms with E-state index >= 15 is 0 Å². The summed E-state index contributed by atoms with van der Waals surface area (Å²) in [5.74, 6) is -0.0888. The van der Waals surface area contributed by atoms with Crippen LogP contribution < -0.4 is 5.32 Å². The zero-order chi connectivity index (χ0) is 14.9. The molecule has 0 unspecified atom stereocenters. The molecule has 6 nitrogen and oxygen atoms in total. The topological polar surface area (TPSA) is 75.5 Å². The maximum absolute atomic E-state index is 12.5. The second kappa shape index (κ2) is 6.62. The molecule has 7 heteroatoms. The SMILES string of the molecule is Cl.O=C(c1cccc([N+](=O)[O-])c1)N1CCC2(CCNCC2)C1. The molecule has 0 aromatic heterocycles. The highest BCUT2D eigenvalue weighted by molar-refractivity contribution is 5.95. The molecule has 0 bridgehead atoms. The normalized spacial score (nSPS) is 19.7. The van der Waals surface area contributed by atoms with E-state index < -0.39 is 4.92 Å². The molecular weight excluding hydrogens is 306 g/mol. The number of benzene rings is 1. The summed E-state index contributed by atoms with van der Waals surface area (Å²) in [6.45, 7) is 3.55. The van der Waals surface area contributed by atoms with Crippen LogP contribution in [0.1, 0.15) is 29.6 Å². The first-order chi connectivity index (χ1) is 10.1. The van der Waals surface area contributed by atoms with Crippen LogP contribution in [0.25, 0.3) is 0 Å². The van der Waals surface area contributed by atoms with Crippen LogP contribution in [-0.4, -0.2) is 41.9 Å². The number of non-ortho nitro benzene ring substituents is 1. The predicted octanol–water partition coefficient (Wildman–Crippen LogP) is 2.23. The fraction of sp³-hybridized carbons (Fsp3) is 0.533. The van der Waals surface area contributed by atoms with Crippen molar-refractivity contribution < 1.29 is 9.72 Å². The summed E-state index contributed by atoms with van der Waals surface area (Å²) in [4.78, 5) is 24.7. The van der Waals surface area contributed by atoms with Crippen LogP contribution in [0.15, 0.2) is 24.3 Å². The van der Waals surface area contributed by atoms with Gasteiger partial charge in [-0.05, 0) is 43.8 Å². The van der Waals surface area contributed by atoms with Crippen LogP contribution in [0.3, 0.4) is 0 Å². The van der Waals surface area contributed by atoms with E-state index in [9.17, 15) is 14.9 Å². The quantitative estimate of drug-likeness (QED) is 0.668. The number of halogens is 1. The van der Waals surface area contributed by atoms with Crippen molar-refractivity contribution in [3.8, 4) is 0 Å². The van der Waals surface area contributed by atoms with Crippen molar-refractivity contribution in [2.75, 3.05) is 26.2 Å². The van der Waals surface area contributed by atoms with E-state index in [0.717, 1.165) is 45.4 Å². The molecule has 1 aromatic carbocycles. The van der Waals surface area contributed by atoms with E-state index in [1.165, 1.54) is 12.1 Å². The molecular formula is C15H20ClN3O3. The van der Waals surface area contributed by atoms with Gasteiger partial charge in [-0.2, -0.15) is 0 Å². The molecule has 0 atom stereocenters. The molecule has 1 N–H and O–H groups in total. The van der Waals surface area contributed by atoms with Gasteiger partial charge < -0.3 is 10.2 Å². The minimum absolute atomic E-state index is 0. The molecule has 120 valence electrons. The Morgan fingerprint density at radius 2 is 2.00 bits per heavy atom. The average molecular weight is 326 g/mol. The van der Waals surface area contributed by atoms with Crippen molar-refractivity contribution in [1.82, 2.24) is 10.2 Å². The number of nitro groups is 1. The summed E-state index contributed by atoms with van der Waals surface area (Å²) in [5, 5.41) is 14.2. The lowest BCUT2D eigenvalue weighted by molar-refractivity contribution is -0.384. The third-order valence-electron chi connectivity index (χ3n) is 4.69. The fourth-order valence-electron chi connectivity index (χ4n) is 3.41. The van der Waals surface area contributed by atoms with Crippen LogP contribution in [-0.2, 0) is 0 Å². The Kier molecular flexibility index (Phi) is 5.03. The summed E-state index contributed by atoms with van der Waals surface area (Å²) in [5.41, 5.74) is 0.633. The van der Waals surface area contributed by atoms with Gasteiger partial charge in [-0.1, -0.05) is 6.07 Å². The Morgan fingerprint density at radius 1 is 1.27 bits per heavy atom. The third kappa shape index (κ3) is 3.23. The molecule has 2 aliphatic rings. The van der Waals surface area contributed by atoms with Crippen molar-refractivity contribution in [2.24, 2.45) is 5.41 Å². The summed E-state index contributed by atoms with van der Waals surface area (Å²) >= 11 is 0. The molecule has 2 heterocycles. The van der Waals surface area contributed by atoms with Gasteiger partial charge in [-0.3, -0.25) is 14.9 Å². The molecule has 0 radical (unpaired) electrons. The van der Waals surface area contributed by atoms with Crippen LogP contribution in [0.4, 0.5) is 5.69 Å². The lowest BCUT2D eigenvalue weighted by Crippen LogP contribution is -2.39. The molecule has 2 fully saturated rings. The summed E-state index contributed by atoms with van der Waals surface area (Å²) in [6, 6.07) is 6.01. The number of likely N-dealkylation sites (tertiary alicyclic amines) is 1. The van der Waals surface area contributed by atoms with Gasteiger partial charge in [0.15, 0.2) is 0 Å². The molecule has 22 heavy (non-hydrogen) atoms. The van der Waals surface area contributed by atoms with Gasteiger partial charge >= 0.3 is 0 Å².